The molecule has 0 saturated heterocycles. The molecule has 1 unspecified atom stereocenters. The van der Waals surface area contributed by atoms with Crippen LogP contribution in [0, 0.1) is 5.82 Å². The van der Waals surface area contributed by atoms with Gasteiger partial charge in [0.05, 0.1) is 0 Å². The highest BCUT2D eigenvalue weighted by Crippen LogP contribution is 2.17. The number of rotatable bonds is 3. The van der Waals surface area contributed by atoms with Gasteiger partial charge >= 0.3 is 0 Å². The molecule has 1 amide bonds. The van der Waals surface area contributed by atoms with Crippen molar-refractivity contribution >= 4 is 23.2 Å². The van der Waals surface area contributed by atoms with Gasteiger partial charge in [0.1, 0.15) is 23.7 Å². The van der Waals surface area contributed by atoms with Gasteiger partial charge < -0.3 is 5.32 Å². The van der Waals surface area contributed by atoms with Crippen LogP contribution in [0.4, 0.5) is 10.1 Å². The van der Waals surface area contributed by atoms with Gasteiger partial charge in [-0.25, -0.2) is 14.1 Å². The van der Waals surface area contributed by atoms with Crippen LogP contribution >= 0.6 is 11.6 Å². The lowest BCUT2D eigenvalue weighted by Gasteiger charge is -2.08. The highest BCUT2D eigenvalue weighted by Gasteiger charge is 2.11. The fraction of sp³-hybridized carbons (Fsp3) is 0.182. The minimum Gasteiger partial charge on any atom is -0.325 e. The van der Waals surface area contributed by atoms with Crippen molar-refractivity contribution in [2.24, 2.45) is 0 Å². The quantitative estimate of drug-likeness (QED) is 0.866. The standard InChI is InChI=1S/C11H10ClFN4O/c1-7(12)11(18)16-8-2-3-10(9(13)4-8)17-6-14-5-15-17/h2-7H,1H3,(H,16,18). The molecule has 18 heavy (non-hydrogen) atoms. The second-order valence-corrected chi connectivity index (χ2v) is 4.27. The van der Waals surface area contributed by atoms with Gasteiger partial charge in [-0.3, -0.25) is 4.79 Å². The van der Waals surface area contributed by atoms with Crippen molar-refractivity contribution in [1.82, 2.24) is 14.8 Å². The molecule has 2 aromatic rings. The van der Waals surface area contributed by atoms with E-state index >= 15 is 0 Å². The van der Waals surface area contributed by atoms with Crippen molar-refractivity contribution in [2.75, 3.05) is 5.32 Å². The van der Waals surface area contributed by atoms with Gasteiger partial charge in [0.25, 0.3) is 0 Å². The molecule has 0 radical (unpaired) electrons. The average molecular weight is 269 g/mol. The first-order chi connectivity index (χ1) is 8.58. The van der Waals surface area contributed by atoms with Crippen LogP contribution in [0.1, 0.15) is 6.92 Å². The van der Waals surface area contributed by atoms with Crippen molar-refractivity contribution in [2.45, 2.75) is 12.3 Å². The van der Waals surface area contributed by atoms with Crippen LogP contribution in [0.15, 0.2) is 30.9 Å². The minimum atomic E-state index is -0.678. The Labute approximate surface area is 108 Å². The van der Waals surface area contributed by atoms with Crippen LogP contribution < -0.4 is 5.32 Å². The Morgan fingerprint density at radius 3 is 2.89 bits per heavy atom. The van der Waals surface area contributed by atoms with Gasteiger partial charge in [0.15, 0.2) is 5.82 Å². The molecule has 94 valence electrons. The van der Waals surface area contributed by atoms with Crippen LogP contribution in [-0.4, -0.2) is 26.0 Å². The lowest BCUT2D eigenvalue weighted by atomic mass is 10.2. The van der Waals surface area contributed by atoms with E-state index in [1.807, 2.05) is 0 Å². The molecule has 1 aromatic carbocycles. The number of amides is 1. The predicted octanol–water partition coefficient (Wildman–Crippen LogP) is 1.97. The first-order valence-corrected chi connectivity index (χ1v) is 5.61. The zero-order valence-electron chi connectivity index (χ0n) is 9.47. The number of aromatic nitrogens is 3. The van der Waals surface area contributed by atoms with Gasteiger partial charge in [-0.05, 0) is 25.1 Å². The maximum atomic E-state index is 13.8. The molecule has 0 fully saturated rings. The van der Waals surface area contributed by atoms with Crippen LogP contribution in [0.25, 0.3) is 5.69 Å². The summed E-state index contributed by atoms with van der Waals surface area (Å²) in [4.78, 5) is 15.1. The molecule has 7 heteroatoms. The van der Waals surface area contributed by atoms with E-state index in [9.17, 15) is 9.18 Å². The molecule has 0 bridgehead atoms. The lowest BCUT2D eigenvalue weighted by Crippen LogP contribution is -2.20. The lowest BCUT2D eigenvalue weighted by molar-refractivity contribution is -0.115. The third kappa shape index (κ3) is 2.65. The first-order valence-electron chi connectivity index (χ1n) is 5.17. The van der Waals surface area contributed by atoms with Crippen molar-refractivity contribution in [1.29, 1.82) is 0 Å². The predicted molar refractivity (Wildman–Crippen MR) is 65.3 cm³/mol. The van der Waals surface area contributed by atoms with E-state index in [2.05, 4.69) is 15.4 Å². The summed E-state index contributed by atoms with van der Waals surface area (Å²) in [5.74, 6) is -0.898. The molecular formula is C11H10ClFN4O. The van der Waals surface area contributed by atoms with E-state index in [-0.39, 0.29) is 11.6 Å². The summed E-state index contributed by atoms with van der Waals surface area (Å²) in [5, 5.41) is 5.64. The van der Waals surface area contributed by atoms with Crippen molar-refractivity contribution in [3.05, 3.63) is 36.7 Å². The summed E-state index contributed by atoms with van der Waals surface area (Å²) in [6.07, 6.45) is 2.70. The molecule has 1 aromatic heterocycles. The van der Waals surface area contributed by atoms with Gasteiger partial charge in [0.2, 0.25) is 5.91 Å². The number of hydrogen-bond donors (Lipinski definition) is 1. The molecular weight excluding hydrogens is 259 g/mol. The van der Waals surface area contributed by atoms with Crippen molar-refractivity contribution in [3.63, 3.8) is 0 Å². The van der Waals surface area contributed by atoms with E-state index < -0.39 is 11.2 Å². The number of anilines is 1. The summed E-state index contributed by atoms with van der Waals surface area (Å²) in [6.45, 7) is 1.54. The summed E-state index contributed by atoms with van der Waals surface area (Å²) in [5.41, 5.74) is 0.596. The molecule has 2 rings (SSSR count). The number of benzene rings is 1. The van der Waals surface area contributed by atoms with Crippen LogP contribution in [0.2, 0.25) is 0 Å². The molecule has 1 heterocycles. The molecule has 5 nitrogen and oxygen atoms in total. The van der Waals surface area contributed by atoms with E-state index in [0.29, 0.717) is 5.69 Å². The molecule has 0 aliphatic carbocycles. The number of nitrogens with one attached hydrogen (secondary N) is 1. The van der Waals surface area contributed by atoms with Crippen LogP contribution in [0.5, 0.6) is 0 Å². The van der Waals surface area contributed by atoms with Crippen molar-refractivity contribution in [3.8, 4) is 5.69 Å². The Morgan fingerprint density at radius 2 is 2.33 bits per heavy atom. The smallest absolute Gasteiger partial charge is 0.242 e. The second kappa shape index (κ2) is 5.14. The number of halogens is 2. The normalized spacial score (nSPS) is 12.2. The zero-order valence-corrected chi connectivity index (χ0v) is 10.2. The fourth-order valence-electron chi connectivity index (χ4n) is 1.34. The van der Waals surface area contributed by atoms with Gasteiger partial charge in [-0.2, -0.15) is 5.10 Å². The maximum absolute atomic E-state index is 13.8. The van der Waals surface area contributed by atoms with E-state index in [1.165, 1.54) is 36.4 Å². The topological polar surface area (TPSA) is 59.8 Å². The second-order valence-electron chi connectivity index (χ2n) is 3.61. The van der Waals surface area contributed by atoms with Gasteiger partial charge in [0, 0.05) is 5.69 Å². The fourth-order valence-corrected chi connectivity index (χ4v) is 1.40. The SMILES string of the molecule is CC(Cl)C(=O)Nc1ccc(-n2cncn2)c(F)c1. The molecule has 0 aliphatic heterocycles. The number of nitrogens with zero attached hydrogens (tertiary/aromatic N) is 3. The molecule has 1 N–H and O–H groups in total. The Morgan fingerprint density at radius 1 is 1.56 bits per heavy atom. The summed E-state index contributed by atoms with van der Waals surface area (Å²) < 4.78 is 15.1. The number of carbonyl (C=O) groups is 1. The number of alkyl halides is 1. The Hall–Kier alpha value is -1.95. The summed E-state index contributed by atoms with van der Waals surface area (Å²) in [6, 6.07) is 4.27. The number of carbonyl (C=O) groups excluding carboxylic acids is 1. The van der Waals surface area contributed by atoms with Gasteiger partial charge in [-0.1, -0.05) is 0 Å². The largest absolute Gasteiger partial charge is 0.325 e. The average Bonchev–Trinajstić information content (AvgIpc) is 2.82. The van der Waals surface area contributed by atoms with E-state index in [4.69, 9.17) is 11.6 Å². The highest BCUT2D eigenvalue weighted by molar-refractivity contribution is 6.32. The van der Waals surface area contributed by atoms with Crippen LogP contribution in [-0.2, 0) is 4.79 Å². The Bertz CT molecular complexity index is 556. The van der Waals surface area contributed by atoms with E-state index in [1.54, 1.807) is 6.07 Å². The molecule has 0 aliphatic rings. The van der Waals surface area contributed by atoms with E-state index in [0.717, 1.165) is 0 Å². The zero-order chi connectivity index (χ0) is 13.1. The number of hydrogen-bond acceptors (Lipinski definition) is 3. The Balaban J connectivity index is 2.23. The monoisotopic (exact) mass is 268 g/mol. The third-order valence-electron chi connectivity index (χ3n) is 2.24. The highest BCUT2D eigenvalue weighted by atomic mass is 35.5. The first kappa shape index (κ1) is 12.5. The summed E-state index contributed by atoms with van der Waals surface area (Å²) >= 11 is 5.60. The molecule has 0 saturated carbocycles. The van der Waals surface area contributed by atoms with Crippen LogP contribution in [0.3, 0.4) is 0 Å². The van der Waals surface area contributed by atoms with Gasteiger partial charge in [-0.15, -0.1) is 11.6 Å². The Kier molecular flexibility index (Phi) is 3.57. The summed E-state index contributed by atoms with van der Waals surface area (Å²) in [7, 11) is 0. The minimum absolute atomic E-state index is 0.254. The molecule has 1 atom stereocenters. The molecule has 0 spiro atoms. The maximum Gasteiger partial charge on any atom is 0.242 e. The third-order valence-corrected chi connectivity index (χ3v) is 2.44. The van der Waals surface area contributed by atoms with Crippen molar-refractivity contribution < 1.29 is 9.18 Å².